The quantitative estimate of drug-likeness (QED) is 0.826. The first kappa shape index (κ1) is 10.6. The van der Waals surface area contributed by atoms with Crippen molar-refractivity contribution in [2.45, 2.75) is 38.6 Å². The van der Waals surface area contributed by atoms with Crippen LogP contribution in [0.1, 0.15) is 32.6 Å². The molecular weight excluding hydrogens is 210 g/mol. The van der Waals surface area contributed by atoms with E-state index in [-0.39, 0.29) is 0 Å². The summed E-state index contributed by atoms with van der Waals surface area (Å²) in [6.45, 7) is 2.35. The van der Waals surface area contributed by atoms with Crippen molar-refractivity contribution in [3.8, 4) is 0 Å². The molecule has 2 atom stereocenters. The summed E-state index contributed by atoms with van der Waals surface area (Å²) in [5, 5.41) is 11.9. The number of aromatic amines is 1. The number of rotatable bonds is 2. The third-order valence-electron chi connectivity index (χ3n) is 3.90. The minimum Gasteiger partial charge on any atom is -0.382 e. The molecular formula is C14H19N3. The van der Waals surface area contributed by atoms with E-state index in [1.54, 1.807) is 0 Å². The molecule has 0 radical (unpaired) electrons. The van der Waals surface area contributed by atoms with Gasteiger partial charge < -0.3 is 5.32 Å². The molecule has 90 valence electrons. The molecule has 1 aromatic carbocycles. The Morgan fingerprint density at radius 2 is 2.18 bits per heavy atom. The number of nitrogens with zero attached hydrogens (tertiary/aromatic N) is 1. The van der Waals surface area contributed by atoms with Gasteiger partial charge in [0.15, 0.2) is 0 Å². The van der Waals surface area contributed by atoms with E-state index in [1.807, 2.05) is 6.20 Å². The average molecular weight is 229 g/mol. The fourth-order valence-electron chi connectivity index (χ4n) is 2.78. The summed E-state index contributed by atoms with van der Waals surface area (Å²) in [6.07, 6.45) is 7.27. The molecule has 0 bridgehead atoms. The second-order valence-electron chi connectivity index (χ2n) is 5.18. The highest BCUT2D eigenvalue weighted by atomic mass is 15.1. The molecule has 0 aliphatic heterocycles. The second kappa shape index (κ2) is 4.40. The van der Waals surface area contributed by atoms with E-state index < -0.39 is 0 Å². The zero-order valence-electron chi connectivity index (χ0n) is 10.2. The van der Waals surface area contributed by atoms with Crippen LogP contribution in [-0.4, -0.2) is 16.2 Å². The summed E-state index contributed by atoms with van der Waals surface area (Å²) in [4.78, 5) is 0. The van der Waals surface area contributed by atoms with Crippen LogP contribution >= 0.6 is 0 Å². The fourth-order valence-corrected chi connectivity index (χ4v) is 2.78. The average Bonchev–Trinajstić information content (AvgIpc) is 2.79. The first-order chi connectivity index (χ1) is 8.33. The van der Waals surface area contributed by atoms with E-state index in [1.165, 1.54) is 36.8 Å². The van der Waals surface area contributed by atoms with Crippen LogP contribution < -0.4 is 5.32 Å². The first-order valence-electron chi connectivity index (χ1n) is 6.52. The number of hydrogen-bond acceptors (Lipinski definition) is 2. The number of nitrogens with one attached hydrogen (secondary N) is 2. The van der Waals surface area contributed by atoms with Crippen molar-refractivity contribution in [2.24, 2.45) is 5.92 Å². The lowest BCUT2D eigenvalue weighted by Gasteiger charge is -2.30. The maximum Gasteiger partial charge on any atom is 0.0651 e. The summed E-state index contributed by atoms with van der Waals surface area (Å²) < 4.78 is 0. The van der Waals surface area contributed by atoms with Gasteiger partial charge in [-0.25, -0.2) is 0 Å². The lowest BCUT2D eigenvalue weighted by atomic mass is 9.86. The summed E-state index contributed by atoms with van der Waals surface area (Å²) in [5.74, 6) is 0.781. The SMILES string of the molecule is CC1CCCCC1Nc1ccc2[nH]ncc2c1. The predicted molar refractivity (Wildman–Crippen MR) is 71.1 cm³/mol. The normalized spacial score (nSPS) is 25.0. The van der Waals surface area contributed by atoms with E-state index in [0.717, 1.165) is 11.4 Å². The van der Waals surface area contributed by atoms with Crippen molar-refractivity contribution in [1.82, 2.24) is 10.2 Å². The fraction of sp³-hybridized carbons (Fsp3) is 0.500. The minimum absolute atomic E-state index is 0.633. The molecule has 2 aromatic rings. The van der Waals surface area contributed by atoms with Gasteiger partial charge in [0, 0.05) is 17.1 Å². The van der Waals surface area contributed by atoms with Gasteiger partial charge in [-0.1, -0.05) is 19.8 Å². The van der Waals surface area contributed by atoms with Crippen LogP contribution in [0.25, 0.3) is 10.9 Å². The summed E-state index contributed by atoms with van der Waals surface area (Å²) in [6, 6.07) is 7.05. The lowest BCUT2D eigenvalue weighted by molar-refractivity contribution is 0.349. The van der Waals surface area contributed by atoms with Crippen molar-refractivity contribution >= 4 is 16.6 Å². The highest BCUT2D eigenvalue weighted by molar-refractivity contribution is 5.81. The smallest absolute Gasteiger partial charge is 0.0651 e. The van der Waals surface area contributed by atoms with Crippen molar-refractivity contribution in [3.05, 3.63) is 24.4 Å². The van der Waals surface area contributed by atoms with Gasteiger partial charge in [-0.05, 0) is 37.0 Å². The van der Waals surface area contributed by atoms with E-state index in [0.29, 0.717) is 6.04 Å². The molecule has 0 saturated heterocycles. The van der Waals surface area contributed by atoms with Gasteiger partial charge in [0.2, 0.25) is 0 Å². The van der Waals surface area contributed by atoms with Gasteiger partial charge in [0.05, 0.1) is 11.7 Å². The molecule has 17 heavy (non-hydrogen) atoms. The monoisotopic (exact) mass is 229 g/mol. The number of H-pyrrole nitrogens is 1. The Kier molecular flexibility index (Phi) is 2.75. The standard InChI is InChI=1S/C14H19N3/c1-10-4-2-3-5-13(10)16-12-6-7-14-11(8-12)9-15-17-14/h6-10,13,16H,2-5H2,1H3,(H,15,17). The Morgan fingerprint density at radius 1 is 1.29 bits per heavy atom. The van der Waals surface area contributed by atoms with E-state index in [4.69, 9.17) is 0 Å². The molecule has 1 heterocycles. The molecule has 3 rings (SSSR count). The molecule has 3 heteroatoms. The Labute approximate surface area is 102 Å². The Balaban J connectivity index is 1.79. The third kappa shape index (κ3) is 2.14. The lowest BCUT2D eigenvalue weighted by Crippen LogP contribution is -2.30. The zero-order chi connectivity index (χ0) is 11.7. The minimum atomic E-state index is 0.633. The van der Waals surface area contributed by atoms with E-state index in [2.05, 4.69) is 40.6 Å². The molecule has 1 saturated carbocycles. The Morgan fingerprint density at radius 3 is 3.06 bits per heavy atom. The predicted octanol–water partition coefficient (Wildman–Crippen LogP) is 3.55. The van der Waals surface area contributed by atoms with Gasteiger partial charge in [-0.2, -0.15) is 5.10 Å². The van der Waals surface area contributed by atoms with Gasteiger partial charge in [-0.3, -0.25) is 5.10 Å². The van der Waals surface area contributed by atoms with E-state index in [9.17, 15) is 0 Å². The maximum atomic E-state index is 4.05. The molecule has 1 aliphatic rings. The number of aromatic nitrogens is 2. The summed E-state index contributed by atoms with van der Waals surface area (Å²) >= 11 is 0. The molecule has 1 aromatic heterocycles. The van der Waals surface area contributed by atoms with Crippen LogP contribution in [0.4, 0.5) is 5.69 Å². The van der Waals surface area contributed by atoms with E-state index >= 15 is 0 Å². The van der Waals surface area contributed by atoms with Gasteiger partial charge in [0.25, 0.3) is 0 Å². The maximum absolute atomic E-state index is 4.05. The van der Waals surface area contributed by atoms with Crippen LogP contribution in [0, 0.1) is 5.92 Å². The third-order valence-corrected chi connectivity index (χ3v) is 3.90. The van der Waals surface area contributed by atoms with Crippen molar-refractivity contribution < 1.29 is 0 Å². The number of hydrogen-bond donors (Lipinski definition) is 2. The molecule has 3 nitrogen and oxygen atoms in total. The van der Waals surface area contributed by atoms with Crippen LogP contribution in [0.15, 0.2) is 24.4 Å². The largest absolute Gasteiger partial charge is 0.382 e. The Hall–Kier alpha value is -1.51. The molecule has 1 aliphatic carbocycles. The van der Waals surface area contributed by atoms with Crippen LogP contribution in [0.3, 0.4) is 0 Å². The second-order valence-corrected chi connectivity index (χ2v) is 5.18. The number of fused-ring (bicyclic) bond motifs is 1. The molecule has 0 spiro atoms. The molecule has 2 unspecified atom stereocenters. The van der Waals surface area contributed by atoms with Crippen molar-refractivity contribution in [1.29, 1.82) is 0 Å². The molecule has 0 amide bonds. The molecule has 1 fully saturated rings. The van der Waals surface area contributed by atoms with Crippen molar-refractivity contribution in [2.75, 3.05) is 5.32 Å². The topological polar surface area (TPSA) is 40.7 Å². The number of anilines is 1. The van der Waals surface area contributed by atoms with Crippen LogP contribution in [0.5, 0.6) is 0 Å². The van der Waals surface area contributed by atoms with Crippen LogP contribution in [0.2, 0.25) is 0 Å². The first-order valence-corrected chi connectivity index (χ1v) is 6.52. The van der Waals surface area contributed by atoms with Crippen molar-refractivity contribution in [3.63, 3.8) is 0 Å². The summed E-state index contributed by atoms with van der Waals surface area (Å²) in [5.41, 5.74) is 2.32. The van der Waals surface area contributed by atoms with Gasteiger partial charge in [-0.15, -0.1) is 0 Å². The summed E-state index contributed by atoms with van der Waals surface area (Å²) in [7, 11) is 0. The highest BCUT2D eigenvalue weighted by Crippen LogP contribution is 2.27. The molecule has 2 N–H and O–H groups in total. The van der Waals surface area contributed by atoms with Gasteiger partial charge in [0.1, 0.15) is 0 Å². The van der Waals surface area contributed by atoms with Crippen LogP contribution in [-0.2, 0) is 0 Å². The highest BCUT2D eigenvalue weighted by Gasteiger charge is 2.20. The van der Waals surface area contributed by atoms with Gasteiger partial charge >= 0.3 is 0 Å². The Bertz CT molecular complexity index is 503. The number of benzene rings is 1. The zero-order valence-corrected chi connectivity index (χ0v) is 10.2.